The Hall–Kier alpha value is -0.850. The highest BCUT2D eigenvalue weighted by Gasteiger charge is 2.58. The summed E-state index contributed by atoms with van der Waals surface area (Å²) in [7, 11) is 0. The van der Waals surface area contributed by atoms with Crippen molar-refractivity contribution in [2.24, 2.45) is 5.41 Å². The second kappa shape index (κ2) is 4.12. The van der Waals surface area contributed by atoms with Crippen LogP contribution >= 0.6 is 0 Å². The number of rotatable bonds is 2. The molecule has 96 valence electrons. The second-order valence-electron chi connectivity index (χ2n) is 6.45. The quantitative estimate of drug-likeness (QED) is 0.383. The van der Waals surface area contributed by atoms with Crippen LogP contribution < -0.4 is 0 Å². The molecule has 2 unspecified atom stereocenters. The van der Waals surface area contributed by atoms with Gasteiger partial charge in [-0.15, -0.1) is 0 Å². The van der Waals surface area contributed by atoms with Gasteiger partial charge in [0.1, 0.15) is 6.21 Å². The zero-order chi connectivity index (χ0) is 13.5. The fraction of sp³-hybridized carbons (Fsp3) is 0.688. The van der Waals surface area contributed by atoms with Gasteiger partial charge in [0, 0.05) is 13.8 Å². The van der Waals surface area contributed by atoms with Crippen LogP contribution in [0.25, 0.3) is 0 Å². The van der Waals surface area contributed by atoms with E-state index in [1.165, 1.54) is 5.57 Å². The molecule has 0 aliphatic heterocycles. The first-order chi connectivity index (χ1) is 7.63. The summed E-state index contributed by atoms with van der Waals surface area (Å²) in [4.78, 5) is 0. The average molecular weight is 234 g/mol. The van der Waals surface area contributed by atoms with Crippen molar-refractivity contribution in [2.45, 2.75) is 66.5 Å². The molecular weight excluding hydrogens is 206 g/mol. The maximum atomic E-state index is 2.48. The Kier molecular flexibility index (Phi) is 3.44. The van der Waals surface area contributed by atoms with Crippen molar-refractivity contribution in [3.8, 4) is 0 Å². The Bertz CT molecular complexity index is 392. The van der Waals surface area contributed by atoms with Gasteiger partial charge in [-0.2, -0.15) is 0 Å². The van der Waals surface area contributed by atoms with E-state index in [2.05, 4.69) is 84.4 Å². The number of allylic oxidation sites excluding steroid dienone is 1. The molecule has 1 heteroatoms. The molecule has 1 nitrogen and oxygen atoms in total. The molecule has 0 aromatic heterocycles. The van der Waals surface area contributed by atoms with Gasteiger partial charge in [0.25, 0.3) is 0 Å². The predicted molar refractivity (Wildman–Crippen MR) is 76.8 cm³/mol. The Balaban J connectivity index is 3.29. The van der Waals surface area contributed by atoms with E-state index in [1.807, 2.05) is 0 Å². The molecule has 2 atom stereocenters. The average Bonchev–Trinajstić information content (AvgIpc) is 2.24. The molecule has 0 aromatic rings. The molecule has 0 bridgehead atoms. The van der Waals surface area contributed by atoms with Crippen LogP contribution in [0.1, 0.15) is 55.4 Å². The van der Waals surface area contributed by atoms with E-state index in [0.29, 0.717) is 0 Å². The lowest BCUT2D eigenvalue weighted by Gasteiger charge is -2.49. The fourth-order valence-electron chi connectivity index (χ4n) is 3.09. The lowest BCUT2D eigenvalue weighted by atomic mass is 9.58. The molecular formula is C16H28N+. The molecule has 0 aromatic carbocycles. The summed E-state index contributed by atoms with van der Waals surface area (Å²) in [5, 5.41) is 0. The largest absolute Gasteiger partial charge is 0.226 e. The fourth-order valence-corrected chi connectivity index (χ4v) is 3.09. The maximum absolute atomic E-state index is 2.48. The smallest absolute Gasteiger partial charge is 0.190 e. The van der Waals surface area contributed by atoms with E-state index >= 15 is 0 Å². The summed E-state index contributed by atoms with van der Waals surface area (Å²) in [5.74, 6) is 0. The summed E-state index contributed by atoms with van der Waals surface area (Å²) in [6.07, 6.45) is 9.14. The molecule has 0 heterocycles. The summed E-state index contributed by atoms with van der Waals surface area (Å²) >= 11 is 0. The third-order valence-corrected chi connectivity index (χ3v) is 4.53. The minimum absolute atomic E-state index is 0.0800. The monoisotopic (exact) mass is 234 g/mol. The molecule has 1 rings (SSSR count). The Morgan fingerprint density at radius 2 is 1.65 bits per heavy atom. The van der Waals surface area contributed by atoms with E-state index in [9.17, 15) is 0 Å². The van der Waals surface area contributed by atoms with Gasteiger partial charge in [-0.3, -0.25) is 0 Å². The lowest BCUT2D eigenvalue weighted by molar-refractivity contribution is -0.664. The summed E-state index contributed by atoms with van der Waals surface area (Å²) in [6.45, 7) is 18.0. The summed E-state index contributed by atoms with van der Waals surface area (Å²) in [5.41, 5.74) is 1.81. The SMILES string of the molecule is C/C=C(\C)C1(C)C=CC1(C)/[N+](=C/C)C(C)(C)C. The van der Waals surface area contributed by atoms with Crippen LogP contribution in [0.2, 0.25) is 0 Å². The zero-order valence-corrected chi connectivity index (χ0v) is 12.8. The van der Waals surface area contributed by atoms with E-state index in [4.69, 9.17) is 0 Å². The zero-order valence-electron chi connectivity index (χ0n) is 12.8. The van der Waals surface area contributed by atoms with Gasteiger partial charge < -0.3 is 0 Å². The standard InChI is InChI=1S/C16H28N/c1-9-13(3)15(7)11-12-16(15,8)17(10-2)14(4,5)6/h9-12H,1-8H3/q+1/b13-9+,17-10+. The van der Waals surface area contributed by atoms with Crippen molar-refractivity contribution >= 4 is 6.21 Å². The molecule has 17 heavy (non-hydrogen) atoms. The molecule has 1 aliphatic carbocycles. The van der Waals surface area contributed by atoms with Crippen molar-refractivity contribution in [3.05, 3.63) is 23.8 Å². The van der Waals surface area contributed by atoms with Crippen LogP contribution in [0.4, 0.5) is 0 Å². The van der Waals surface area contributed by atoms with Gasteiger partial charge in [0.05, 0.1) is 5.41 Å². The number of hydrogen-bond acceptors (Lipinski definition) is 0. The van der Waals surface area contributed by atoms with Gasteiger partial charge >= 0.3 is 0 Å². The molecule has 0 amide bonds. The second-order valence-corrected chi connectivity index (χ2v) is 6.45. The van der Waals surface area contributed by atoms with Crippen LogP contribution in [-0.2, 0) is 0 Å². The van der Waals surface area contributed by atoms with Gasteiger partial charge in [-0.05, 0) is 47.6 Å². The molecule has 1 aliphatic rings. The van der Waals surface area contributed by atoms with Crippen molar-refractivity contribution in [2.75, 3.05) is 0 Å². The van der Waals surface area contributed by atoms with Crippen LogP contribution in [0.15, 0.2) is 23.8 Å². The Morgan fingerprint density at radius 3 is 1.88 bits per heavy atom. The van der Waals surface area contributed by atoms with Gasteiger partial charge in [-0.1, -0.05) is 17.7 Å². The minimum atomic E-state index is 0.0800. The molecule has 0 saturated heterocycles. The van der Waals surface area contributed by atoms with Crippen LogP contribution in [0.5, 0.6) is 0 Å². The van der Waals surface area contributed by atoms with Gasteiger partial charge in [0.2, 0.25) is 0 Å². The normalized spacial score (nSPS) is 34.8. The first-order valence-electron chi connectivity index (χ1n) is 6.56. The highest BCUT2D eigenvalue weighted by Crippen LogP contribution is 2.51. The maximum Gasteiger partial charge on any atom is 0.190 e. The topological polar surface area (TPSA) is 3.01 Å². The van der Waals surface area contributed by atoms with Crippen molar-refractivity contribution in [1.29, 1.82) is 0 Å². The molecule has 0 N–H and O–H groups in total. The molecule has 0 spiro atoms. The first kappa shape index (κ1) is 14.2. The van der Waals surface area contributed by atoms with Crippen LogP contribution in [0, 0.1) is 5.41 Å². The van der Waals surface area contributed by atoms with Crippen LogP contribution in [0.3, 0.4) is 0 Å². The van der Waals surface area contributed by atoms with E-state index in [0.717, 1.165) is 0 Å². The summed E-state index contributed by atoms with van der Waals surface area (Å²) in [6, 6.07) is 0. The molecule has 0 fully saturated rings. The third-order valence-electron chi connectivity index (χ3n) is 4.53. The molecule has 0 radical (unpaired) electrons. The first-order valence-corrected chi connectivity index (χ1v) is 6.56. The minimum Gasteiger partial charge on any atom is -0.226 e. The predicted octanol–water partition coefficient (Wildman–Crippen LogP) is 4.19. The Labute approximate surface area is 107 Å². The van der Waals surface area contributed by atoms with E-state index in [1.54, 1.807) is 0 Å². The number of hydrogen-bond donors (Lipinski definition) is 0. The van der Waals surface area contributed by atoms with E-state index in [-0.39, 0.29) is 16.5 Å². The van der Waals surface area contributed by atoms with Crippen molar-refractivity contribution in [1.82, 2.24) is 0 Å². The van der Waals surface area contributed by atoms with Gasteiger partial charge in [0.15, 0.2) is 11.1 Å². The van der Waals surface area contributed by atoms with Crippen molar-refractivity contribution in [3.63, 3.8) is 0 Å². The third kappa shape index (κ3) is 1.90. The highest BCUT2D eigenvalue weighted by molar-refractivity contribution is 5.49. The van der Waals surface area contributed by atoms with Crippen molar-refractivity contribution < 1.29 is 4.58 Å². The number of nitrogens with zero attached hydrogens (tertiary/aromatic N) is 1. The van der Waals surface area contributed by atoms with Crippen LogP contribution in [-0.4, -0.2) is 21.9 Å². The van der Waals surface area contributed by atoms with E-state index < -0.39 is 0 Å². The Morgan fingerprint density at radius 1 is 1.12 bits per heavy atom. The molecule has 0 saturated carbocycles. The lowest BCUT2D eigenvalue weighted by Crippen LogP contribution is -2.61. The van der Waals surface area contributed by atoms with Gasteiger partial charge in [-0.25, -0.2) is 4.58 Å². The highest BCUT2D eigenvalue weighted by atomic mass is 15.2. The summed E-state index contributed by atoms with van der Waals surface area (Å²) < 4.78 is 2.48.